The molecule has 0 fully saturated rings. The van der Waals surface area contributed by atoms with Crippen molar-refractivity contribution >= 4 is 0 Å². The van der Waals surface area contributed by atoms with E-state index in [1.807, 2.05) is 18.2 Å². The van der Waals surface area contributed by atoms with Crippen LogP contribution in [0.3, 0.4) is 0 Å². The molecular formula is C9H14O2. The van der Waals surface area contributed by atoms with Gasteiger partial charge in [0, 0.05) is 0 Å². The van der Waals surface area contributed by atoms with Crippen LogP contribution >= 0.6 is 0 Å². The van der Waals surface area contributed by atoms with E-state index in [0.717, 1.165) is 6.61 Å². The summed E-state index contributed by atoms with van der Waals surface area (Å²) in [7, 11) is 0. The highest BCUT2D eigenvalue weighted by atomic mass is 16.7. The highest BCUT2D eigenvalue weighted by Gasteiger charge is 2.05. The molecule has 62 valence electrons. The molecule has 1 unspecified atom stereocenters. The first-order chi connectivity index (χ1) is 5.29. The van der Waals surface area contributed by atoms with Gasteiger partial charge in [-0.3, -0.25) is 0 Å². The molecule has 0 N–H and O–H groups in total. The maximum Gasteiger partial charge on any atom is 0.219 e. The van der Waals surface area contributed by atoms with Crippen LogP contribution in [0, 0.1) is 5.92 Å². The van der Waals surface area contributed by atoms with Crippen molar-refractivity contribution in [2.45, 2.75) is 20.1 Å². The van der Waals surface area contributed by atoms with Crippen LogP contribution < -0.4 is 0 Å². The standard InChI is InChI=1S/C9H14O2/c1-8(2)7-11-9-5-3-4-6-10-9/h3-6,8-9H,7H2,1-2H3. The predicted molar refractivity (Wildman–Crippen MR) is 43.9 cm³/mol. The first kappa shape index (κ1) is 8.34. The third kappa shape index (κ3) is 3.23. The molecule has 2 nitrogen and oxygen atoms in total. The van der Waals surface area contributed by atoms with Crippen LogP contribution in [0.5, 0.6) is 0 Å². The maximum atomic E-state index is 5.38. The first-order valence-electron chi connectivity index (χ1n) is 3.89. The molecule has 1 heterocycles. The Morgan fingerprint density at radius 1 is 1.45 bits per heavy atom. The van der Waals surface area contributed by atoms with Gasteiger partial charge in [-0.05, 0) is 18.1 Å². The summed E-state index contributed by atoms with van der Waals surface area (Å²) in [6.07, 6.45) is 7.12. The number of hydrogen-bond donors (Lipinski definition) is 0. The number of rotatable bonds is 3. The number of hydrogen-bond acceptors (Lipinski definition) is 2. The fraction of sp³-hybridized carbons (Fsp3) is 0.556. The molecule has 0 aromatic heterocycles. The fourth-order valence-corrected chi connectivity index (χ4v) is 0.751. The van der Waals surface area contributed by atoms with E-state index in [2.05, 4.69) is 13.8 Å². The Balaban J connectivity index is 2.17. The SMILES string of the molecule is CC(C)COC1C=CC=CO1. The van der Waals surface area contributed by atoms with Crippen molar-refractivity contribution in [3.05, 3.63) is 24.5 Å². The second-order valence-corrected chi connectivity index (χ2v) is 2.95. The quantitative estimate of drug-likeness (QED) is 0.619. The van der Waals surface area contributed by atoms with Crippen LogP contribution in [-0.4, -0.2) is 12.9 Å². The fourth-order valence-electron chi connectivity index (χ4n) is 0.751. The van der Waals surface area contributed by atoms with Crippen molar-refractivity contribution in [3.8, 4) is 0 Å². The van der Waals surface area contributed by atoms with E-state index < -0.39 is 0 Å². The zero-order valence-electron chi connectivity index (χ0n) is 6.99. The molecule has 0 amide bonds. The zero-order chi connectivity index (χ0) is 8.10. The Morgan fingerprint density at radius 2 is 2.27 bits per heavy atom. The van der Waals surface area contributed by atoms with Crippen molar-refractivity contribution < 1.29 is 9.47 Å². The molecular weight excluding hydrogens is 140 g/mol. The van der Waals surface area contributed by atoms with Gasteiger partial charge in [0.05, 0.1) is 12.9 Å². The van der Waals surface area contributed by atoms with Crippen molar-refractivity contribution in [2.24, 2.45) is 5.92 Å². The van der Waals surface area contributed by atoms with Crippen molar-refractivity contribution in [3.63, 3.8) is 0 Å². The molecule has 0 saturated heterocycles. The Labute approximate surface area is 67.5 Å². The molecule has 1 aliphatic heterocycles. The molecule has 0 saturated carbocycles. The lowest BCUT2D eigenvalue weighted by atomic mass is 10.2. The minimum Gasteiger partial charge on any atom is -0.469 e. The lowest BCUT2D eigenvalue weighted by Crippen LogP contribution is -2.16. The van der Waals surface area contributed by atoms with Crippen LogP contribution in [0.2, 0.25) is 0 Å². The van der Waals surface area contributed by atoms with Gasteiger partial charge in [0.25, 0.3) is 0 Å². The van der Waals surface area contributed by atoms with E-state index in [1.165, 1.54) is 0 Å². The average molecular weight is 154 g/mol. The summed E-state index contributed by atoms with van der Waals surface area (Å²) < 4.78 is 10.5. The summed E-state index contributed by atoms with van der Waals surface area (Å²) in [5, 5.41) is 0. The van der Waals surface area contributed by atoms with Crippen molar-refractivity contribution in [2.75, 3.05) is 6.61 Å². The smallest absolute Gasteiger partial charge is 0.219 e. The lowest BCUT2D eigenvalue weighted by molar-refractivity contribution is -0.0823. The highest BCUT2D eigenvalue weighted by Crippen LogP contribution is 2.05. The Hall–Kier alpha value is -0.760. The van der Waals surface area contributed by atoms with Crippen LogP contribution in [0.25, 0.3) is 0 Å². The zero-order valence-corrected chi connectivity index (χ0v) is 6.99. The largest absolute Gasteiger partial charge is 0.469 e. The molecule has 1 rings (SSSR count). The summed E-state index contributed by atoms with van der Waals surface area (Å²) in [6, 6.07) is 0. The van der Waals surface area contributed by atoms with Crippen LogP contribution in [0.15, 0.2) is 24.5 Å². The molecule has 1 aliphatic rings. The number of allylic oxidation sites excluding steroid dienone is 2. The second-order valence-electron chi connectivity index (χ2n) is 2.95. The minimum atomic E-state index is -0.178. The van der Waals surface area contributed by atoms with E-state index >= 15 is 0 Å². The average Bonchev–Trinajstić information content (AvgIpc) is 2.03. The van der Waals surface area contributed by atoms with Gasteiger partial charge in [0.2, 0.25) is 6.29 Å². The third-order valence-electron chi connectivity index (χ3n) is 1.26. The summed E-state index contributed by atoms with van der Waals surface area (Å²) in [6.45, 7) is 4.97. The molecule has 11 heavy (non-hydrogen) atoms. The van der Waals surface area contributed by atoms with Crippen LogP contribution in [0.4, 0.5) is 0 Å². The predicted octanol–water partition coefficient (Wildman–Crippen LogP) is 2.09. The normalized spacial score (nSPS) is 22.3. The van der Waals surface area contributed by atoms with E-state index in [1.54, 1.807) is 6.26 Å². The molecule has 1 atom stereocenters. The van der Waals surface area contributed by atoms with Gasteiger partial charge in [-0.15, -0.1) is 0 Å². The summed E-state index contributed by atoms with van der Waals surface area (Å²) in [4.78, 5) is 0. The molecule has 0 aromatic rings. The topological polar surface area (TPSA) is 18.5 Å². The monoisotopic (exact) mass is 154 g/mol. The lowest BCUT2D eigenvalue weighted by Gasteiger charge is -2.16. The molecule has 0 radical (unpaired) electrons. The molecule has 0 aliphatic carbocycles. The van der Waals surface area contributed by atoms with Crippen LogP contribution in [0.1, 0.15) is 13.8 Å². The van der Waals surface area contributed by atoms with E-state index in [4.69, 9.17) is 9.47 Å². The Morgan fingerprint density at radius 3 is 2.82 bits per heavy atom. The summed E-state index contributed by atoms with van der Waals surface area (Å²) in [5.41, 5.74) is 0. The molecule has 2 heteroatoms. The maximum absolute atomic E-state index is 5.38. The van der Waals surface area contributed by atoms with E-state index in [0.29, 0.717) is 5.92 Å². The van der Waals surface area contributed by atoms with Gasteiger partial charge in [-0.2, -0.15) is 0 Å². The van der Waals surface area contributed by atoms with Crippen LogP contribution in [-0.2, 0) is 9.47 Å². The summed E-state index contributed by atoms with van der Waals surface area (Å²) in [5.74, 6) is 0.554. The third-order valence-corrected chi connectivity index (χ3v) is 1.26. The Kier molecular flexibility index (Phi) is 3.17. The van der Waals surface area contributed by atoms with Gasteiger partial charge in [-0.25, -0.2) is 0 Å². The van der Waals surface area contributed by atoms with Crippen molar-refractivity contribution in [1.29, 1.82) is 0 Å². The van der Waals surface area contributed by atoms with E-state index in [-0.39, 0.29) is 6.29 Å². The Bertz CT molecular complexity index is 159. The summed E-state index contributed by atoms with van der Waals surface area (Å²) >= 11 is 0. The van der Waals surface area contributed by atoms with E-state index in [9.17, 15) is 0 Å². The van der Waals surface area contributed by atoms with Crippen molar-refractivity contribution in [1.82, 2.24) is 0 Å². The van der Waals surface area contributed by atoms with Gasteiger partial charge >= 0.3 is 0 Å². The van der Waals surface area contributed by atoms with Gasteiger partial charge in [0.1, 0.15) is 0 Å². The molecule has 0 spiro atoms. The first-order valence-corrected chi connectivity index (χ1v) is 3.89. The van der Waals surface area contributed by atoms with Gasteiger partial charge < -0.3 is 9.47 Å². The van der Waals surface area contributed by atoms with Gasteiger partial charge in [0.15, 0.2) is 0 Å². The number of ether oxygens (including phenoxy) is 2. The highest BCUT2D eigenvalue weighted by molar-refractivity contribution is 5.05. The second kappa shape index (κ2) is 4.19. The van der Waals surface area contributed by atoms with Gasteiger partial charge in [-0.1, -0.05) is 19.9 Å². The molecule has 0 bridgehead atoms. The minimum absolute atomic E-state index is 0.178. The molecule has 0 aromatic carbocycles.